The van der Waals surface area contributed by atoms with E-state index in [1.807, 2.05) is 0 Å². The normalized spacial score (nSPS) is 14.5. The van der Waals surface area contributed by atoms with Crippen LogP contribution in [0, 0.1) is 5.82 Å². The number of aliphatic hydroxyl groups is 1. The van der Waals surface area contributed by atoms with Crippen molar-refractivity contribution in [1.29, 1.82) is 0 Å². The molecule has 0 fully saturated rings. The number of hydrogen-bond donors (Lipinski definition) is 1. The Balaban J connectivity index is 3.85. The van der Waals surface area contributed by atoms with Gasteiger partial charge in [0.15, 0.2) is 19.7 Å². The molecule has 0 aliphatic carbocycles. The van der Waals surface area contributed by atoms with Gasteiger partial charge in [-0.25, -0.2) is 21.2 Å². The number of aliphatic hydroxyl groups excluding tert-OH is 1. The van der Waals surface area contributed by atoms with Gasteiger partial charge in [-0.15, -0.1) is 0 Å². The number of sulfone groups is 2. The van der Waals surface area contributed by atoms with Crippen LogP contribution in [0.15, 0.2) is 21.9 Å². The maximum absolute atomic E-state index is 13.7. The average Bonchev–Trinajstić information content (AvgIpc) is 2.12. The Morgan fingerprint density at radius 3 is 1.94 bits per heavy atom. The Morgan fingerprint density at radius 2 is 1.61 bits per heavy atom. The summed E-state index contributed by atoms with van der Waals surface area (Å²) in [5.41, 5.74) is 0.000301. The van der Waals surface area contributed by atoms with Gasteiger partial charge in [0.05, 0.1) is 11.0 Å². The van der Waals surface area contributed by atoms with Crippen LogP contribution in [0.2, 0.25) is 0 Å². The molecular weight excluding hydrogens is 283 g/mol. The van der Waals surface area contributed by atoms with Crippen molar-refractivity contribution in [1.82, 2.24) is 0 Å². The quantitative estimate of drug-likeness (QED) is 0.886. The van der Waals surface area contributed by atoms with Gasteiger partial charge < -0.3 is 5.11 Å². The molecule has 0 bridgehead atoms. The maximum Gasteiger partial charge on any atom is 0.179 e. The van der Waals surface area contributed by atoms with Gasteiger partial charge in [-0.1, -0.05) is 0 Å². The summed E-state index contributed by atoms with van der Waals surface area (Å²) < 4.78 is 59.6. The van der Waals surface area contributed by atoms with E-state index in [2.05, 4.69) is 0 Å². The van der Waals surface area contributed by atoms with E-state index in [0.717, 1.165) is 24.6 Å². The summed E-state index contributed by atoms with van der Waals surface area (Å²) in [6, 6.07) is 1.79. The van der Waals surface area contributed by atoms with Gasteiger partial charge in [0.2, 0.25) is 0 Å². The molecule has 0 aliphatic heterocycles. The first-order valence-electron chi connectivity index (χ1n) is 4.86. The van der Waals surface area contributed by atoms with Gasteiger partial charge >= 0.3 is 0 Å². The van der Waals surface area contributed by atoms with Crippen LogP contribution in [0.1, 0.15) is 18.6 Å². The Morgan fingerprint density at radius 1 is 1.11 bits per heavy atom. The lowest BCUT2D eigenvalue weighted by Gasteiger charge is -2.12. The van der Waals surface area contributed by atoms with Crippen LogP contribution in [-0.2, 0) is 19.7 Å². The number of halogens is 1. The van der Waals surface area contributed by atoms with Crippen molar-refractivity contribution in [2.45, 2.75) is 22.8 Å². The fourth-order valence-electron chi connectivity index (χ4n) is 1.46. The fraction of sp³-hybridized carbons (Fsp3) is 0.400. The molecule has 1 aromatic rings. The molecule has 1 unspecified atom stereocenters. The summed E-state index contributed by atoms with van der Waals surface area (Å²) in [5, 5.41) is 9.32. The number of benzene rings is 1. The molecule has 0 radical (unpaired) electrons. The molecule has 8 heteroatoms. The Hall–Kier alpha value is -0.990. The van der Waals surface area contributed by atoms with Crippen molar-refractivity contribution in [3.63, 3.8) is 0 Å². The third-order valence-electron chi connectivity index (χ3n) is 2.28. The average molecular weight is 296 g/mol. The zero-order chi connectivity index (χ0) is 14.3. The molecule has 0 saturated heterocycles. The largest absolute Gasteiger partial charge is 0.389 e. The van der Waals surface area contributed by atoms with E-state index in [1.54, 1.807) is 0 Å². The molecule has 1 rings (SSSR count). The standard InChI is InChI=1S/C10H13FO5S2/c1-6(12)7-4-8(11)10(18(3,15)16)9(5-7)17(2,13)14/h4-6,12H,1-3H3. The molecule has 1 atom stereocenters. The molecule has 0 aromatic heterocycles. The number of rotatable bonds is 3. The van der Waals surface area contributed by atoms with Crippen LogP contribution in [0.3, 0.4) is 0 Å². The zero-order valence-corrected chi connectivity index (χ0v) is 11.6. The van der Waals surface area contributed by atoms with Gasteiger partial charge in [-0.2, -0.15) is 0 Å². The van der Waals surface area contributed by atoms with Crippen LogP contribution in [0.4, 0.5) is 4.39 Å². The minimum Gasteiger partial charge on any atom is -0.389 e. The van der Waals surface area contributed by atoms with Crippen LogP contribution in [0.5, 0.6) is 0 Å². The Kier molecular flexibility index (Phi) is 3.85. The highest BCUT2D eigenvalue weighted by atomic mass is 32.2. The van der Waals surface area contributed by atoms with Crippen molar-refractivity contribution >= 4 is 19.7 Å². The summed E-state index contributed by atoms with van der Waals surface area (Å²) in [5.74, 6) is -1.18. The molecule has 5 nitrogen and oxygen atoms in total. The van der Waals surface area contributed by atoms with Crippen molar-refractivity contribution in [2.24, 2.45) is 0 Å². The Bertz CT molecular complexity index is 674. The first-order valence-corrected chi connectivity index (χ1v) is 8.64. The second kappa shape index (κ2) is 4.60. The van der Waals surface area contributed by atoms with Gasteiger partial charge in [0, 0.05) is 12.5 Å². The third-order valence-corrected chi connectivity index (χ3v) is 4.69. The monoisotopic (exact) mass is 296 g/mol. The van der Waals surface area contributed by atoms with Crippen LogP contribution in [-0.4, -0.2) is 34.5 Å². The lowest BCUT2D eigenvalue weighted by atomic mass is 10.1. The summed E-state index contributed by atoms with van der Waals surface area (Å²) in [6.45, 7) is 1.32. The summed E-state index contributed by atoms with van der Waals surface area (Å²) in [7, 11) is -7.95. The van der Waals surface area contributed by atoms with Gasteiger partial charge in [0.1, 0.15) is 10.7 Å². The van der Waals surface area contributed by atoms with Gasteiger partial charge in [-0.05, 0) is 24.6 Å². The molecule has 1 aromatic carbocycles. The van der Waals surface area contributed by atoms with E-state index in [-0.39, 0.29) is 5.56 Å². The topological polar surface area (TPSA) is 88.5 Å². The number of hydrogen-bond acceptors (Lipinski definition) is 5. The second-order valence-electron chi connectivity index (χ2n) is 4.05. The highest BCUT2D eigenvalue weighted by molar-refractivity contribution is 7.93. The highest BCUT2D eigenvalue weighted by Crippen LogP contribution is 2.28. The third kappa shape index (κ3) is 3.06. The second-order valence-corrected chi connectivity index (χ2v) is 7.99. The molecule has 0 heterocycles. The summed E-state index contributed by atoms with van der Waals surface area (Å²) >= 11 is 0. The lowest BCUT2D eigenvalue weighted by Crippen LogP contribution is -2.11. The smallest absolute Gasteiger partial charge is 0.179 e. The van der Waals surface area contributed by atoms with E-state index in [0.29, 0.717) is 0 Å². The summed E-state index contributed by atoms with van der Waals surface area (Å²) in [4.78, 5) is -1.50. The minimum atomic E-state index is -4.03. The van der Waals surface area contributed by atoms with Crippen LogP contribution < -0.4 is 0 Å². The van der Waals surface area contributed by atoms with E-state index >= 15 is 0 Å². The first-order chi connectivity index (χ1) is 7.94. The molecule has 0 aliphatic rings. The Labute approximate surface area is 105 Å². The van der Waals surface area contributed by atoms with Gasteiger partial charge in [-0.3, -0.25) is 0 Å². The van der Waals surface area contributed by atoms with Gasteiger partial charge in [0.25, 0.3) is 0 Å². The predicted molar refractivity (Wildman–Crippen MR) is 63.3 cm³/mol. The zero-order valence-electron chi connectivity index (χ0n) is 10.0. The van der Waals surface area contributed by atoms with Crippen molar-refractivity contribution in [3.05, 3.63) is 23.5 Å². The van der Waals surface area contributed by atoms with Crippen molar-refractivity contribution in [2.75, 3.05) is 12.5 Å². The lowest BCUT2D eigenvalue weighted by molar-refractivity contribution is 0.198. The predicted octanol–water partition coefficient (Wildman–Crippen LogP) is 0.686. The molecule has 0 spiro atoms. The van der Waals surface area contributed by atoms with E-state index < -0.39 is 41.4 Å². The van der Waals surface area contributed by atoms with Crippen LogP contribution >= 0.6 is 0 Å². The SMILES string of the molecule is CC(O)c1cc(F)c(S(C)(=O)=O)c(S(C)(=O)=O)c1. The summed E-state index contributed by atoms with van der Waals surface area (Å²) in [6.07, 6.45) is 0.401. The molecule has 1 N–H and O–H groups in total. The maximum atomic E-state index is 13.7. The molecule has 0 saturated carbocycles. The molecule has 18 heavy (non-hydrogen) atoms. The fourth-order valence-corrected chi connectivity index (χ4v) is 3.99. The van der Waals surface area contributed by atoms with Crippen molar-refractivity contribution < 1.29 is 26.3 Å². The molecule has 102 valence electrons. The highest BCUT2D eigenvalue weighted by Gasteiger charge is 2.26. The van der Waals surface area contributed by atoms with E-state index in [1.165, 1.54) is 6.92 Å². The first kappa shape index (κ1) is 15.1. The minimum absolute atomic E-state index is 0.000301. The van der Waals surface area contributed by atoms with E-state index in [4.69, 9.17) is 0 Å². The molecule has 0 amide bonds. The van der Waals surface area contributed by atoms with Crippen molar-refractivity contribution in [3.8, 4) is 0 Å². The van der Waals surface area contributed by atoms with E-state index in [9.17, 15) is 26.3 Å². The van der Waals surface area contributed by atoms with Crippen LogP contribution in [0.25, 0.3) is 0 Å². The molecular formula is C10H13FO5S2.